The van der Waals surface area contributed by atoms with E-state index in [9.17, 15) is 0 Å². The third-order valence-corrected chi connectivity index (χ3v) is 4.59. The van der Waals surface area contributed by atoms with Crippen molar-refractivity contribution in [2.75, 3.05) is 11.1 Å². The molecule has 0 amide bonds. The van der Waals surface area contributed by atoms with Crippen LogP contribution in [-0.2, 0) is 13.1 Å². The average Bonchev–Trinajstić information content (AvgIpc) is 3.36. The van der Waals surface area contributed by atoms with Gasteiger partial charge < -0.3 is 11.1 Å². The van der Waals surface area contributed by atoms with Gasteiger partial charge in [0.15, 0.2) is 17.0 Å². The Hall–Kier alpha value is -3.42. The summed E-state index contributed by atoms with van der Waals surface area (Å²) in [6.07, 6.45) is 6.92. The monoisotopic (exact) mass is 376 g/mol. The van der Waals surface area contributed by atoms with Gasteiger partial charge in [-0.15, -0.1) is 0 Å². The van der Waals surface area contributed by atoms with E-state index < -0.39 is 0 Å². The number of hydrogen-bond acceptors (Lipinski definition) is 6. The molecule has 1 aromatic carbocycles. The lowest BCUT2D eigenvalue weighted by atomic mass is 10.2. The van der Waals surface area contributed by atoms with E-state index in [4.69, 9.17) is 10.7 Å². The fraction of sp³-hybridized carbons (Fsp3) is 0.300. The van der Waals surface area contributed by atoms with Crippen LogP contribution in [0.15, 0.2) is 48.8 Å². The second kappa shape index (κ2) is 8.08. The molecule has 3 heterocycles. The molecule has 144 valence electrons. The Kier molecular flexibility index (Phi) is 5.18. The van der Waals surface area contributed by atoms with Gasteiger partial charge in [0.2, 0.25) is 11.9 Å². The fourth-order valence-corrected chi connectivity index (χ4v) is 3.15. The zero-order valence-corrected chi connectivity index (χ0v) is 15.9. The molecule has 0 bridgehead atoms. The van der Waals surface area contributed by atoms with Gasteiger partial charge in [0.25, 0.3) is 0 Å². The molecule has 0 unspecified atom stereocenters. The number of nitrogens with one attached hydrogen (secondary N) is 1. The first-order valence-electron chi connectivity index (χ1n) is 9.58. The van der Waals surface area contributed by atoms with Gasteiger partial charge >= 0.3 is 0 Å². The van der Waals surface area contributed by atoms with Crippen molar-refractivity contribution in [3.8, 4) is 5.95 Å². The Bertz CT molecular complexity index is 1040. The Morgan fingerprint density at radius 2 is 1.89 bits per heavy atom. The number of rotatable bonds is 8. The van der Waals surface area contributed by atoms with Gasteiger partial charge in [-0.3, -0.25) is 4.57 Å². The molecule has 28 heavy (non-hydrogen) atoms. The minimum Gasteiger partial charge on any atom is -0.382 e. The van der Waals surface area contributed by atoms with Crippen molar-refractivity contribution in [1.82, 2.24) is 29.3 Å². The van der Waals surface area contributed by atoms with Crippen LogP contribution >= 0.6 is 0 Å². The van der Waals surface area contributed by atoms with Crippen LogP contribution in [0.25, 0.3) is 17.1 Å². The third-order valence-electron chi connectivity index (χ3n) is 4.59. The quantitative estimate of drug-likeness (QED) is 0.457. The summed E-state index contributed by atoms with van der Waals surface area (Å²) in [5.41, 5.74) is 8.70. The molecule has 0 saturated carbocycles. The van der Waals surface area contributed by atoms with Gasteiger partial charge in [0.1, 0.15) is 0 Å². The number of imidazole rings is 1. The summed E-state index contributed by atoms with van der Waals surface area (Å²) in [5, 5.41) is 7.59. The van der Waals surface area contributed by atoms with E-state index in [2.05, 4.69) is 44.0 Å². The summed E-state index contributed by atoms with van der Waals surface area (Å²) in [6, 6.07) is 12.0. The molecule has 4 aromatic rings. The highest BCUT2D eigenvalue weighted by molar-refractivity contribution is 5.84. The van der Waals surface area contributed by atoms with Crippen LogP contribution in [0.4, 0.5) is 11.8 Å². The number of anilines is 2. The minimum atomic E-state index is 0.364. The molecular formula is C20H24N8. The molecule has 0 aliphatic rings. The largest absolute Gasteiger partial charge is 0.382 e. The van der Waals surface area contributed by atoms with Gasteiger partial charge in [-0.25, -0.2) is 9.67 Å². The van der Waals surface area contributed by atoms with Crippen LogP contribution in [0.3, 0.4) is 0 Å². The second-order valence-electron chi connectivity index (χ2n) is 6.66. The second-order valence-corrected chi connectivity index (χ2v) is 6.66. The van der Waals surface area contributed by atoms with Crippen molar-refractivity contribution in [2.24, 2.45) is 0 Å². The van der Waals surface area contributed by atoms with Crippen LogP contribution in [0.2, 0.25) is 0 Å². The standard InChI is InChI=1S/C20H24N8/c1-2-3-7-12-27-18-16(24-20(27)28-13-8-11-23-28)17(21)25-19(26-18)22-14-15-9-5-4-6-10-15/h4-6,8-11,13H,2-3,7,12,14H2,1H3,(H3,21,22,25,26). The highest BCUT2D eigenvalue weighted by Gasteiger charge is 2.18. The van der Waals surface area contributed by atoms with Crippen molar-refractivity contribution in [3.05, 3.63) is 54.4 Å². The molecule has 0 atom stereocenters. The van der Waals surface area contributed by atoms with Crippen molar-refractivity contribution in [1.29, 1.82) is 0 Å². The van der Waals surface area contributed by atoms with E-state index in [0.29, 0.717) is 29.8 Å². The molecule has 0 radical (unpaired) electrons. The summed E-state index contributed by atoms with van der Waals surface area (Å²) in [7, 11) is 0. The molecule has 8 nitrogen and oxygen atoms in total. The molecule has 0 aliphatic heterocycles. The first kappa shape index (κ1) is 18.0. The lowest BCUT2D eigenvalue weighted by Crippen LogP contribution is -2.10. The average molecular weight is 376 g/mol. The van der Waals surface area contributed by atoms with Crippen molar-refractivity contribution in [3.63, 3.8) is 0 Å². The summed E-state index contributed by atoms with van der Waals surface area (Å²) < 4.78 is 3.81. The molecule has 0 fully saturated rings. The zero-order chi connectivity index (χ0) is 19.3. The van der Waals surface area contributed by atoms with E-state index >= 15 is 0 Å². The van der Waals surface area contributed by atoms with Crippen LogP contribution in [0, 0.1) is 0 Å². The van der Waals surface area contributed by atoms with Gasteiger partial charge in [0, 0.05) is 25.5 Å². The van der Waals surface area contributed by atoms with Gasteiger partial charge in [-0.05, 0) is 18.1 Å². The van der Waals surface area contributed by atoms with E-state index in [1.165, 1.54) is 0 Å². The summed E-state index contributed by atoms with van der Waals surface area (Å²) in [4.78, 5) is 13.8. The smallest absolute Gasteiger partial charge is 0.233 e. The number of unbranched alkanes of at least 4 members (excludes halogenated alkanes) is 2. The Balaban J connectivity index is 1.71. The Morgan fingerprint density at radius 1 is 1.04 bits per heavy atom. The van der Waals surface area contributed by atoms with E-state index in [0.717, 1.165) is 37.0 Å². The normalized spacial score (nSPS) is 11.2. The number of nitrogens with two attached hydrogens (primary N) is 1. The molecular weight excluding hydrogens is 352 g/mol. The molecule has 4 rings (SSSR count). The maximum absolute atomic E-state index is 6.22. The van der Waals surface area contributed by atoms with E-state index in [1.807, 2.05) is 30.5 Å². The van der Waals surface area contributed by atoms with Crippen LogP contribution in [0.5, 0.6) is 0 Å². The first-order valence-corrected chi connectivity index (χ1v) is 9.58. The predicted octanol–water partition coefficient (Wildman–Crippen LogP) is 3.40. The molecule has 0 spiro atoms. The number of hydrogen-bond donors (Lipinski definition) is 2. The number of aryl methyl sites for hydroxylation is 1. The number of benzene rings is 1. The predicted molar refractivity (Wildman–Crippen MR) is 110 cm³/mol. The van der Waals surface area contributed by atoms with Crippen LogP contribution in [-0.4, -0.2) is 29.3 Å². The zero-order valence-electron chi connectivity index (χ0n) is 15.9. The summed E-state index contributed by atoms with van der Waals surface area (Å²) in [5.74, 6) is 1.57. The van der Waals surface area contributed by atoms with Gasteiger partial charge in [-0.2, -0.15) is 15.1 Å². The maximum atomic E-state index is 6.22. The summed E-state index contributed by atoms with van der Waals surface area (Å²) in [6.45, 7) is 3.61. The topological polar surface area (TPSA) is 99.5 Å². The molecule has 3 N–H and O–H groups in total. The molecule has 0 saturated heterocycles. The van der Waals surface area contributed by atoms with E-state index in [1.54, 1.807) is 10.9 Å². The first-order chi connectivity index (χ1) is 13.8. The maximum Gasteiger partial charge on any atom is 0.233 e. The Morgan fingerprint density at radius 3 is 2.64 bits per heavy atom. The lowest BCUT2D eigenvalue weighted by Gasteiger charge is -2.09. The van der Waals surface area contributed by atoms with Crippen molar-refractivity contribution >= 4 is 22.9 Å². The van der Waals surface area contributed by atoms with Gasteiger partial charge in [-0.1, -0.05) is 50.1 Å². The molecule has 0 aliphatic carbocycles. The number of fused-ring (bicyclic) bond motifs is 1. The third kappa shape index (κ3) is 3.66. The molecule has 3 aromatic heterocycles. The number of nitrogens with zero attached hydrogens (tertiary/aromatic N) is 6. The van der Waals surface area contributed by atoms with Crippen LogP contribution < -0.4 is 11.1 Å². The van der Waals surface area contributed by atoms with Gasteiger partial charge in [0.05, 0.1) is 0 Å². The lowest BCUT2D eigenvalue weighted by molar-refractivity contribution is 0.590. The Labute approximate surface area is 163 Å². The highest BCUT2D eigenvalue weighted by atomic mass is 15.4. The van der Waals surface area contributed by atoms with Crippen LogP contribution in [0.1, 0.15) is 31.7 Å². The van der Waals surface area contributed by atoms with E-state index in [-0.39, 0.29) is 0 Å². The number of nitrogen functional groups attached to an aromatic ring is 1. The number of aromatic nitrogens is 6. The van der Waals surface area contributed by atoms with Crippen molar-refractivity contribution in [2.45, 2.75) is 39.3 Å². The summed E-state index contributed by atoms with van der Waals surface area (Å²) >= 11 is 0. The SMILES string of the molecule is CCCCCn1c(-n2cccn2)nc2c(N)nc(NCc3ccccc3)nc21. The minimum absolute atomic E-state index is 0.364. The highest BCUT2D eigenvalue weighted by Crippen LogP contribution is 2.23. The van der Waals surface area contributed by atoms with Crippen molar-refractivity contribution < 1.29 is 0 Å². The fourth-order valence-electron chi connectivity index (χ4n) is 3.15. The molecule has 8 heteroatoms.